The van der Waals surface area contributed by atoms with Crippen molar-refractivity contribution in [1.29, 1.82) is 0 Å². The van der Waals surface area contributed by atoms with Crippen LogP contribution in [0.5, 0.6) is 0 Å². The van der Waals surface area contributed by atoms with Gasteiger partial charge >= 0.3 is 0 Å². The maximum atomic E-state index is 11.1. The van der Waals surface area contributed by atoms with Crippen LogP contribution in [0.15, 0.2) is 53.1 Å². The number of primary amides is 1. The molecule has 0 spiro atoms. The van der Waals surface area contributed by atoms with Gasteiger partial charge in [-0.1, -0.05) is 30.3 Å². The number of carbonyl (C=O) groups excluding carboxylic acids is 1. The summed E-state index contributed by atoms with van der Waals surface area (Å²) in [7, 11) is 0. The van der Waals surface area contributed by atoms with Crippen LogP contribution in [0.2, 0.25) is 0 Å². The molecule has 3 nitrogen and oxygen atoms in total. The molecule has 0 saturated heterocycles. The van der Waals surface area contributed by atoms with Crippen molar-refractivity contribution in [1.82, 2.24) is 0 Å². The average molecular weight is 215 g/mol. The van der Waals surface area contributed by atoms with Gasteiger partial charge in [0, 0.05) is 6.42 Å². The third-order valence-corrected chi connectivity index (χ3v) is 2.49. The summed E-state index contributed by atoms with van der Waals surface area (Å²) in [5.74, 6) is 0.351. The van der Waals surface area contributed by atoms with E-state index in [9.17, 15) is 4.79 Å². The van der Waals surface area contributed by atoms with Crippen LogP contribution in [-0.2, 0) is 4.79 Å². The Labute approximate surface area is 93.9 Å². The fourth-order valence-corrected chi connectivity index (χ4v) is 1.76. The van der Waals surface area contributed by atoms with Crippen molar-refractivity contribution in [2.45, 2.75) is 12.3 Å². The predicted molar refractivity (Wildman–Crippen MR) is 60.8 cm³/mol. The molecule has 2 rings (SSSR count). The molecule has 1 atom stereocenters. The Morgan fingerprint density at radius 2 is 1.94 bits per heavy atom. The molecule has 0 aliphatic heterocycles. The first-order valence-corrected chi connectivity index (χ1v) is 5.14. The number of hydrogen-bond acceptors (Lipinski definition) is 2. The molecule has 82 valence electrons. The van der Waals surface area contributed by atoms with Gasteiger partial charge in [-0.2, -0.15) is 0 Å². The Balaban J connectivity index is 2.32. The molecule has 1 aromatic carbocycles. The van der Waals surface area contributed by atoms with Crippen LogP contribution in [0.4, 0.5) is 0 Å². The predicted octanol–water partition coefficient (Wildman–Crippen LogP) is 2.29. The monoisotopic (exact) mass is 215 g/mol. The topological polar surface area (TPSA) is 56.2 Å². The van der Waals surface area contributed by atoms with Crippen molar-refractivity contribution in [3.8, 4) is 0 Å². The number of furan rings is 1. The fraction of sp³-hybridized carbons (Fsp3) is 0.154. The Hall–Kier alpha value is -2.03. The maximum Gasteiger partial charge on any atom is 0.218 e. The summed E-state index contributed by atoms with van der Waals surface area (Å²) in [6.45, 7) is 0. The van der Waals surface area contributed by atoms with Crippen LogP contribution >= 0.6 is 0 Å². The number of rotatable bonds is 4. The van der Waals surface area contributed by atoms with Gasteiger partial charge in [0.1, 0.15) is 5.76 Å². The van der Waals surface area contributed by atoms with Crippen LogP contribution in [0.1, 0.15) is 23.7 Å². The van der Waals surface area contributed by atoms with E-state index < -0.39 is 0 Å². The molecular formula is C13H13NO2. The van der Waals surface area contributed by atoms with E-state index in [4.69, 9.17) is 10.2 Å². The standard InChI is InChI=1S/C13H13NO2/c14-13(15)9-11(12-7-4-8-16-12)10-5-2-1-3-6-10/h1-8,11H,9H2,(H2,14,15)/t11-/m1/s1. The molecule has 1 aromatic heterocycles. The number of nitrogens with two attached hydrogens (primary N) is 1. The highest BCUT2D eigenvalue weighted by atomic mass is 16.3. The van der Waals surface area contributed by atoms with Gasteiger partial charge in [0.25, 0.3) is 0 Å². The van der Waals surface area contributed by atoms with E-state index in [1.165, 1.54) is 0 Å². The highest BCUT2D eigenvalue weighted by Crippen LogP contribution is 2.27. The summed E-state index contributed by atoms with van der Waals surface area (Å²) in [5.41, 5.74) is 6.29. The molecule has 2 N–H and O–H groups in total. The minimum Gasteiger partial charge on any atom is -0.469 e. The summed E-state index contributed by atoms with van der Waals surface area (Å²) >= 11 is 0. The van der Waals surface area contributed by atoms with E-state index in [1.807, 2.05) is 42.5 Å². The molecule has 16 heavy (non-hydrogen) atoms. The number of carbonyl (C=O) groups is 1. The van der Waals surface area contributed by atoms with Crippen LogP contribution in [0, 0.1) is 0 Å². The SMILES string of the molecule is NC(=O)C[C@H](c1ccccc1)c1ccco1. The molecule has 1 amide bonds. The van der Waals surface area contributed by atoms with Gasteiger partial charge in [-0.3, -0.25) is 4.79 Å². The van der Waals surface area contributed by atoms with E-state index >= 15 is 0 Å². The molecule has 2 aromatic rings. The number of hydrogen-bond donors (Lipinski definition) is 1. The molecule has 0 aliphatic rings. The minimum absolute atomic E-state index is 0.0892. The van der Waals surface area contributed by atoms with Crippen molar-refractivity contribution in [3.05, 3.63) is 60.1 Å². The van der Waals surface area contributed by atoms with Gasteiger partial charge in [-0.25, -0.2) is 0 Å². The second kappa shape index (κ2) is 4.66. The smallest absolute Gasteiger partial charge is 0.218 e. The van der Waals surface area contributed by atoms with E-state index in [-0.39, 0.29) is 18.2 Å². The summed E-state index contributed by atoms with van der Waals surface area (Å²) in [4.78, 5) is 11.1. The largest absolute Gasteiger partial charge is 0.469 e. The zero-order valence-electron chi connectivity index (χ0n) is 8.80. The molecule has 0 saturated carbocycles. The lowest BCUT2D eigenvalue weighted by Gasteiger charge is -2.12. The molecule has 0 fully saturated rings. The summed E-state index contributed by atoms with van der Waals surface area (Å²) < 4.78 is 5.34. The average Bonchev–Trinajstić information content (AvgIpc) is 2.80. The molecule has 0 unspecified atom stereocenters. The lowest BCUT2D eigenvalue weighted by atomic mass is 9.93. The molecule has 1 heterocycles. The quantitative estimate of drug-likeness (QED) is 0.850. The Morgan fingerprint density at radius 3 is 2.50 bits per heavy atom. The normalized spacial score (nSPS) is 12.2. The summed E-state index contributed by atoms with van der Waals surface area (Å²) in [6.07, 6.45) is 1.86. The van der Waals surface area contributed by atoms with Crippen LogP contribution < -0.4 is 5.73 Å². The van der Waals surface area contributed by atoms with Gasteiger partial charge in [0.05, 0.1) is 12.2 Å². The van der Waals surface area contributed by atoms with Crippen LogP contribution in [0.25, 0.3) is 0 Å². The third-order valence-electron chi connectivity index (χ3n) is 2.49. The van der Waals surface area contributed by atoms with Crippen molar-refractivity contribution < 1.29 is 9.21 Å². The van der Waals surface area contributed by atoms with E-state index in [0.29, 0.717) is 0 Å². The Morgan fingerprint density at radius 1 is 1.19 bits per heavy atom. The van der Waals surface area contributed by atoms with E-state index in [1.54, 1.807) is 6.26 Å². The maximum absolute atomic E-state index is 11.1. The highest BCUT2D eigenvalue weighted by molar-refractivity contribution is 5.75. The minimum atomic E-state index is -0.328. The van der Waals surface area contributed by atoms with Gasteiger partial charge in [0.15, 0.2) is 0 Å². The first kappa shape index (κ1) is 10.5. The molecule has 0 radical (unpaired) electrons. The van der Waals surface area contributed by atoms with Gasteiger partial charge in [-0.05, 0) is 17.7 Å². The highest BCUT2D eigenvalue weighted by Gasteiger charge is 2.18. The first-order chi connectivity index (χ1) is 7.77. The van der Waals surface area contributed by atoms with Crippen molar-refractivity contribution in [2.75, 3.05) is 0 Å². The molecule has 3 heteroatoms. The van der Waals surface area contributed by atoms with E-state index in [0.717, 1.165) is 11.3 Å². The van der Waals surface area contributed by atoms with Gasteiger partial charge in [0.2, 0.25) is 5.91 Å². The Bertz CT molecular complexity index is 448. The van der Waals surface area contributed by atoms with Crippen LogP contribution in [-0.4, -0.2) is 5.91 Å². The van der Waals surface area contributed by atoms with Crippen molar-refractivity contribution in [3.63, 3.8) is 0 Å². The summed E-state index contributed by atoms with van der Waals surface area (Å²) in [5, 5.41) is 0. The van der Waals surface area contributed by atoms with Crippen molar-refractivity contribution >= 4 is 5.91 Å². The zero-order chi connectivity index (χ0) is 11.4. The lowest BCUT2D eigenvalue weighted by Crippen LogP contribution is -2.15. The third kappa shape index (κ3) is 2.31. The number of benzene rings is 1. The summed E-state index contributed by atoms with van der Waals surface area (Å²) in [6, 6.07) is 13.4. The Kier molecular flexibility index (Phi) is 3.05. The van der Waals surface area contributed by atoms with Gasteiger partial charge < -0.3 is 10.2 Å². The van der Waals surface area contributed by atoms with E-state index in [2.05, 4.69) is 0 Å². The van der Waals surface area contributed by atoms with Crippen molar-refractivity contribution in [2.24, 2.45) is 5.73 Å². The fourth-order valence-electron chi connectivity index (χ4n) is 1.76. The first-order valence-electron chi connectivity index (χ1n) is 5.14. The molecular weight excluding hydrogens is 202 g/mol. The number of amides is 1. The zero-order valence-corrected chi connectivity index (χ0v) is 8.80. The lowest BCUT2D eigenvalue weighted by molar-refractivity contribution is -0.118. The second-order valence-electron chi connectivity index (χ2n) is 3.65. The molecule has 0 aliphatic carbocycles. The molecule has 0 bridgehead atoms. The second-order valence-corrected chi connectivity index (χ2v) is 3.65. The van der Waals surface area contributed by atoms with Gasteiger partial charge in [-0.15, -0.1) is 0 Å². The van der Waals surface area contributed by atoms with Crippen LogP contribution in [0.3, 0.4) is 0 Å².